The van der Waals surface area contributed by atoms with Crippen molar-refractivity contribution in [2.24, 2.45) is 18.9 Å². The molecule has 36 heavy (non-hydrogen) atoms. The molecule has 6 nitrogen and oxygen atoms in total. The Morgan fingerprint density at radius 2 is 2.00 bits per heavy atom. The summed E-state index contributed by atoms with van der Waals surface area (Å²) in [6.07, 6.45) is 3.37. The molecule has 2 fully saturated rings. The maximum atomic E-state index is 14.0. The Morgan fingerprint density at radius 3 is 2.69 bits per heavy atom. The lowest BCUT2D eigenvalue weighted by Crippen LogP contribution is -2.33. The SMILES string of the molecule is C[C@H]1CCCN(Cc2cnc(CNc3cccc([C@H](c4nncn4C)C4CC4)c3)c(C(F)(F)F)c2)C1. The maximum absolute atomic E-state index is 14.0. The number of anilines is 1. The van der Waals surface area contributed by atoms with Gasteiger partial charge in [-0.2, -0.15) is 13.2 Å². The van der Waals surface area contributed by atoms with Crippen molar-refractivity contribution in [1.29, 1.82) is 0 Å². The van der Waals surface area contributed by atoms with Gasteiger partial charge in [0, 0.05) is 37.9 Å². The molecular formula is C27H33F3N6. The Balaban J connectivity index is 1.32. The highest BCUT2D eigenvalue weighted by Gasteiger charge is 2.37. The Kier molecular flexibility index (Phi) is 7.01. The number of hydrogen-bond donors (Lipinski definition) is 1. The van der Waals surface area contributed by atoms with E-state index in [0.29, 0.717) is 23.9 Å². The Labute approximate surface area is 209 Å². The van der Waals surface area contributed by atoms with Crippen LogP contribution < -0.4 is 5.32 Å². The highest BCUT2D eigenvalue weighted by Crippen LogP contribution is 2.46. The van der Waals surface area contributed by atoms with Gasteiger partial charge in [0.1, 0.15) is 12.2 Å². The average Bonchev–Trinajstić information content (AvgIpc) is 3.59. The van der Waals surface area contributed by atoms with Crippen molar-refractivity contribution in [1.82, 2.24) is 24.6 Å². The third-order valence-corrected chi connectivity index (χ3v) is 7.30. The summed E-state index contributed by atoms with van der Waals surface area (Å²) in [5.41, 5.74) is 1.81. The summed E-state index contributed by atoms with van der Waals surface area (Å²) in [7, 11) is 1.94. The Bertz CT molecular complexity index is 1190. The smallest absolute Gasteiger partial charge is 0.379 e. The lowest BCUT2D eigenvalue weighted by atomic mass is 9.93. The van der Waals surface area contributed by atoms with E-state index in [1.807, 2.05) is 29.8 Å². The molecule has 9 heteroatoms. The zero-order chi connectivity index (χ0) is 25.3. The summed E-state index contributed by atoms with van der Waals surface area (Å²) in [5.74, 6) is 2.12. The molecule has 0 spiro atoms. The van der Waals surface area contributed by atoms with Gasteiger partial charge in [0.15, 0.2) is 0 Å². The summed E-state index contributed by atoms with van der Waals surface area (Å²) in [6.45, 7) is 4.52. The van der Waals surface area contributed by atoms with Gasteiger partial charge in [-0.25, -0.2) is 0 Å². The summed E-state index contributed by atoms with van der Waals surface area (Å²) in [6, 6.07) is 9.15. The van der Waals surface area contributed by atoms with Crippen molar-refractivity contribution in [3.8, 4) is 0 Å². The standard InChI is InChI=1S/C27H33F3N6/c1-18-5-4-10-36(15-18)16-19-11-23(27(28,29)30)24(32-13-19)14-31-22-7-3-6-21(12-22)25(20-8-9-20)26-34-33-17-35(26)2/h3,6-7,11-13,17-18,20,25,31H,4-5,8-10,14-16H2,1-2H3/t18-,25+/m0/s1. The molecule has 2 atom stereocenters. The van der Waals surface area contributed by atoms with Gasteiger partial charge in [0.05, 0.1) is 17.8 Å². The molecule has 192 valence electrons. The number of aryl methyl sites for hydroxylation is 1. The largest absolute Gasteiger partial charge is 0.418 e. The number of pyridine rings is 1. The summed E-state index contributed by atoms with van der Waals surface area (Å²) in [5, 5.41) is 11.5. The number of likely N-dealkylation sites (tertiary alicyclic amines) is 1. The molecule has 1 aliphatic heterocycles. The fourth-order valence-electron chi connectivity index (χ4n) is 5.36. The molecule has 3 heterocycles. The minimum Gasteiger partial charge on any atom is -0.379 e. The van der Waals surface area contributed by atoms with Crippen LogP contribution in [0, 0.1) is 11.8 Å². The number of piperidine rings is 1. The fraction of sp³-hybridized carbons (Fsp3) is 0.519. The molecule has 0 bridgehead atoms. The number of alkyl halides is 3. The molecule has 1 aromatic carbocycles. The lowest BCUT2D eigenvalue weighted by molar-refractivity contribution is -0.138. The molecule has 2 aliphatic rings. The first-order chi connectivity index (χ1) is 17.3. The summed E-state index contributed by atoms with van der Waals surface area (Å²) in [4.78, 5) is 6.49. The second kappa shape index (κ2) is 10.2. The van der Waals surface area contributed by atoms with E-state index in [1.165, 1.54) is 12.5 Å². The topological polar surface area (TPSA) is 58.9 Å². The molecule has 1 aliphatic carbocycles. The van der Waals surface area contributed by atoms with Crippen LogP contribution in [0.4, 0.5) is 18.9 Å². The average molecular weight is 499 g/mol. The van der Waals surface area contributed by atoms with E-state index in [0.717, 1.165) is 49.4 Å². The van der Waals surface area contributed by atoms with Crippen LogP contribution in [0.15, 0.2) is 42.9 Å². The van der Waals surface area contributed by atoms with Crippen molar-refractivity contribution in [3.05, 3.63) is 71.1 Å². The highest BCUT2D eigenvalue weighted by atomic mass is 19.4. The van der Waals surface area contributed by atoms with Crippen LogP contribution in [0.1, 0.15) is 66.7 Å². The Morgan fingerprint density at radius 1 is 1.17 bits per heavy atom. The van der Waals surface area contributed by atoms with Gasteiger partial charge < -0.3 is 9.88 Å². The second-order valence-electron chi connectivity index (χ2n) is 10.4. The van der Waals surface area contributed by atoms with Crippen molar-refractivity contribution < 1.29 is 13.2 Å². The number of nitrogens with one attached hydrogen (secondary N) is 1. The fourth-order valence-corrected chi connectivity index (χ4v) is 5.36. The zero-order valence-electron chi connectivity index (χ0n) is 20.8. The number of rotatable bonds is 8. The van der Waals surface area contributed by atoms with Crippen LogP contribution in [-0.2, 0) is 26.3 Å². The maximum Gasteiger partial charge on any atom is 0.418 e. The van der Waals surface area contributed by atoms with E-state index >= 15 is 0 Å². The zero-order valence-corrected chi connectivity index (χ0v) is 20.8. The van der Waals surface area contributed by atoms with Crippen LogP contribution in [0.5, 0.6) is 0 Å². The highest BCUT2D eigenvalue weighted by molar-refractivity contribution is 5.48. The van der Waals surface area contributed by atoms with Gasteiger partial charge in [-0.05, 0) is 73.4 Å². The summed E-state index contributed by atoms with van der Waals surface area (Å²) >= 11 is 0. The van der Waals surface area contributed by atoms with Gasteiger partial charge in [-0.1, -0.05) is 19.1 Å². The predicted molar refractivity (Wildman–Crippen MR) is 132 cm³/mol. The van der Waals surface area contributed by atoms with E-state index in [9.17, 15) is 13.2 Å². The minimum atomic E-state index is -4.46. The summed E-state index contributed by atoms with van der Waals surface area (Å²) < 4.78 is 43.8. The van der Waals surface area contributed by atoms with Crippen molar-refractivity contribution in [2.75, 3.05) is 18.4 Å². The van der Waals surface area contributed by atoms with Crippen molar-refractivity contribution in [3.63, 3.8) is 0 Å². The van der Waals surface area contributed by atoms with Crippen LogP contribution >= 0.6 is 0 Å². The van der Waals surface area contributed by atoms with Gasteiger partial charge in [-0.3, -0.25) is 9.88 Å². The van der Waals surface area contributed by atoms with Crippen LogP contribution in [-0.4, -0.2) is 37.7 Å². The number of aromatic nitrogens is 4. The van der Waals surface area contributed by atoms with E-state index in [-0.39, 0.29) is 18.2 Å². The number of benzene rings is 1. The second-order valence-corrected chi connectivity index (χ2v) is 10.4. The van der Waals surface area contributed by atoms with Gasteiger partial charge in [0.25, 0.3) is 0 Å². The molecule has 5 rings (SSSR count). The van der Waals surface area contributed by atoms with Crippen molar-refractivity contribution >= 4 is 5.69 Å². The monoisotopic (exact) mass is 498 g/mol. The molecule has 1 saturated carbocycles. The first-order valence-corrected chi connectivity index (χ1v) is 12.7. The van der Waals surface area contributed by atoms with Gasteiger partial charge in [-0.15, -0.1) is 10.2 Å². The third-order valence-electron chi connectivity index (χ3n) is 7.30. The number of nitrogens with zero attached hydrogens (tertiary/aromatic N) is 5. The predicted octanol–water partition coefficient (Wildman–Crippen LogP) is 5.61. The first-order valence-electron chi connectivity index (χ1n) is 12.7. The first kappa shape index (κ1) is 24.7. The van der Waals surface area contributed by atoms with Gasteiger partial charge >= 0.3 is 6.18 Å². The number of halogens is 3. The molecule has 0 amide bonds. The quantitative estimate of drug-likeness (QED) is 0.437. The van der Waals surface area contributed by atoms with E-state index in [1.54, 1.807) is 12.5 Å². The molecule has 0 unspecified atom stereocenters. The van der Waals surface area contributed by atoms with Crippen LogP contribution in [0.3, 0.4) is 0 Å². The van der Waals surface area contributed by atoms with Gasteiger partial charge in [0.2, 0.25) is 0 Å². The number of hydrogen-bond acceptors (Lipinski definition) is 5. The van der Waals surface area contributed by atoms with Crippen LogP contribution in [0.25, 0.3) is 0 Å². The van der Waals surface area contributed by atoms with Crippen LogP contribution in [0.2, 0.25) is 0 Å². The molecule has 2 aromatic heterocycles. The third kappa shape index (κ3) is 5.72. The van der Waals surface area contributed by atoms with E-state index < -0.39 is 11.7 Å². The molecule has 1 N–H and O–H groups in total. The lowest BCUT2D eigenvalue weighted by Gasteiger charge is -2.31. The normalized spacial score (nSPS) is 19.9. The molecule has 1 saturated heterocycles. The van der Waals surface area contributed by atoms with Crippen molar-refractivity contribution in [2.45, 2.75) is 57.8 Å². The molecule has 3 aromatic rings. The van der Waals surface area contributed by atoms with E-state index in [2.05, 4.69) is 38.4 Å². The minimum absolute atomic E-state index is 0.00260. The van der Waals surface area contributed by atoms with E-state index in [4.69, 9.17) is 0 Å². The molecule has 0 radical (unpaired) electrons. The Hall–Kier alpha value is -2.94. The molecular weight excluding hydrogens is 465 g/mol.